The van der Waals surface area contributed by atoms with Gasteiger partial charge >= 0.3 is 5.97 Å². The van der Waals surface area contributed by atoms with E-state index in [1.54, 1.807) is 6.07 Å². The predicted octanol–water partition coefficient (Wildman–Crippen LogP) is 8.29. The third-order valence-electron chi connectivity index (χ3n) is 7.91. The Hall–Kier alpha value is -4.12. The molecule has 3 aromatic carbocycles. The van der Waals surface area contributed by atoms with E-state index in [0.717, 1.165) is 12.1 Å². The number of aromatic nitrogens is 3. The Morgan fingerprint density at radius 1 is 1.02 bits per heavy atom. The topological polar surface area (TPSA) is 86.5 Å². The zero-order valence-corrected chi connectivity index (χ0v) is 25.6. The SMILES string of the molecule is CC1(C)COC[C@H]1n1c(Cc2cc(F)c(-c3cccc(OCc4ccc(Cl)cc4F)n3)cc2F)nc2c(Cl)cc(C(=O)O)cc21. The van der Waals surface area contributed by atoms with Crippen LogP contribution in [-0.4, -0.2) is 38.8 Å². The molecule has 1 atom stereocenters. The van der Waals surface area contributed by atoms with Gasteiger partial charge in [0.2, 0.25) is 5.88 Å². The number of nitrogens with zero attached hydrogens (tertiary/aromatic N) is 3. The molecule has 0 spiro atoms. The van der Waals surface area contributed by atoms with Crippen molar-refractivity contribution in [3.63, 3.8) is 0 Å². The Bertz CT molecular complexity index is 1960. The summed E-state index contributed by atoms with van der Waals surface area (Å²) in [6.07, 6.45) is -0.105. The smallest absolute Gasteiger partial charge is 0.335 e. The average molecular weight is 656 g/mol. The van der Waals surface area contributed by atoms with Crippen molar-refractivity contribution in [2.45, 2.75) is 32.9 Å². The first-order valence-electron chi connectivity index (χ1n) is 13.9. The highest BCUT2D eigenvalue weighted by molar-refractivity contribution is 6.35. The standard InChI is InChI=1S/C33H26Cl2F3N3O4/c1-33(2)16-44-15-28(33)41-27-10-19(32(42)43)8-22(35)31(27)40-29(41)11-18-9-25(38)21(13-24(18)37)26-4-3-5-30(39-26)45-14-17-6-7-20(34)12-23(17)36/h3-10,12-13,28H,11,14-16H2,1-2H3,(H,42,43)/t28-/m1/s1. The molecule has 45 heavy (non-hydrogen) atoms. The van der Waals surface area contributed by atoms with Crippen LogP contribution in [0, 0.1) is 22.9 Å². The minimum Gasteiger partial charge on any atom is -0.478 e. The number of halogens is 5. The van der Waals surface area contributed by atoms with Crippen LogP contribution in [0.3, 0.4) is 0 Å². The van der Waals surface area contributed by atoms with Crippen molar-refractivity contribution in [3.8, 4) is 17.1 Å². The van der Waals surface area contributed by atoms with Crippen LogP contribution >= 0.6 is 23.2 Å². The van der Waals surface area contributed by atoms with Gasteiger partial charge in [-0.15, -0.1) is 0 Å². The van der Waals surface area contributed by atoms with Crippen LogP contribution in [0.5, 0.6) is 5.88 Å². The molecule has 0 unspecified atom stereocenters. The quantitative estimate of drug-likeness (QED) is 0.181. The molecule has 0 saturated carbocycles. The van der Waals surface area contributed by atoms with E-state index in [9.17, 15) is 14.3 Å². The molecule has 0 bridgehead atoms. The summed E-state index contributed by atoms with van der Waals surface area (Å²) in [5, 5.41) is 10.0. The summed E-state index contributed by atoms with van der Waals surface area (Å²) < 4.78 is 58.6. The van der Waals surface area contributed by atoms with E-state index in [0.29, 0.717) is 30.1 Å². The number of hydrogen-bond donors (Lipinski definition) is 1. The second-order valence-corrected chi connectivity index (χ2v) is 12.4. The van der Waals surface area contributed by atoms with Gasteiger partial charge in [0.05, 0.1) is 41.1 Å². The van der Waals surface area contributed by atoms with Crippen molar-refractivity contribution in [1.82, 2.24) is 14.5 Å². The number of pyridine rings is 1. The van der Waals surface area contributed by atoms with Crippen LogP contribution < -0.4 is 4.74 Å². The van der Waals surface area contributed by atoms with Crippen LogP contribution in [0.1, 0.15) is 47.2 Å². The van der Waals surface area contributed by atoms with Gasteiger partial charge < -0.3 is 19.1 Å². The number of imidazole rings is 1. The number of fused-ring (bicyclic) bond motifs is 1. The molecule has 1 fully saturated rings. The van der Waals surface area contributed by atoms with Crippen molar-refractivity contribution in [2.24, 2.45) is 5.41 Å². The lowest BCUT2D eigenvalue weighted by Gasteiger charge is -2.28. The van der Waals surface area contributed by atoms with E-state index in [1.807, 2.05) is 18.4 Å². The van der Waals surface area contributed by atoms with Crippen LogP contribution in [0.2, 0.25) is 10.0 Å². The van der Waals surface area contributed by atoms with Gasteiger partial charge in [-0.1, -0.05) is 49.2 Å². The van der Waals surface area contributed by atoms with Gasteiger partial charge in [0.15, 0.2) is 0 Å². The fourth-order valence-corrected chi connectivity index (χ4v) is 5.92. The first-order valence-corrected chi connectivity index (χ1v) is 14.7. The Labute approximate surface area is 266 Å². The van der Waals surface area contributed by atoms with Crippen LogP contribution in [0.25, 0.3) is 22.3 Å². The van der Waals surface area contributed by atoms with Gasteiger partial charge in [0.25, 0.3) is 0 Å². The Kier molecular flexibility index (Phi) is 8.24. The van der Waals surface area contributed by atoms with E-state index < -0.39 is 23.4 Å². The van der Waals surface area contributed by atoms with Crippen molar-refractivity contribution < 1.29 is 32.5 Å². The monoisotopic (exact) mass is 655 g/mol. The normalized spacial score (nSPS) is 15.9. The number of hydrogen-bond acceptors (Lipinski definition) is 5. The van der Waals surface area contributed by atoms with E-state index in [1.165, 1.54) is 42.5 Å². The van der Waals surface area contributed by atoms with Crippen molar-refractivity contribution in [3.05, 3.63) is 111 Å². The maximum atomic E-state index is 15.7. The first kappa shape index (κ1) is 30.9. The van der Waals surface area contributed by atoms with Gasteiger partial charge in [0, 0.05) is 34.1 Å². The zero-order chi connectivity index (χ0) is 32.0. The summed E-state index contributed by atoms with van der Waals surface area (Å²) in [5.74, 6) is -2.63. The Balaban J connectivity index is 1.33. The maximum absolute atomic E-state index is 15.7. The molecule has 1 saturated heterocycles. The summed E-state index contributed by atoms with van der Waals surface area (Å²) >= 11 is 12.3. The molecule has 0 amide bonds. The lowest BCUT2D eigenvalue weighted by molar-refractivity contribution is 0.0697. The van der Waals surface area contributed by atoms with Gasteiger partial charge in [-0.3, -0.25) is 0 Å². The predicted molar refractivity (Wildman–Crippen MR) is 163 cm³/mol. The molecule has 232 valence electrons. The Morgan fingerprint density at radius 3 is 2.51 bits per heavy atom. The fraction of sp³-hybridized carbons (Fsp3) is 0.242. The van der Waals surface area contributed by atoms with E-state index >= 15 is 8.78 Å². The third kappa shape index (κ3) is 6.10. The van der Waals surface area contributed by atoms with Crippen LogP contribution in [0.4, 0.5) is 13.2 Å². The second kappa shape index (κ2) is 12.0. The molecule has 1 N–H and O–H groups in total. The number of carboxylic acids is 1. The number of carboxylic acid groups (broad SMARTS) is 1. The summed E-state index contributed by atoms with van der Waals surface area (Å²) in [6, 6.07) is 13.5. The Morgan fingerprint density at radius 2 is 1.80 bits per heavy atom. The fourth-order valence-electron chi connectivity index (χ4n) is 5.50. The summed E-state index contributed by atoms with van der Waals surface area (Å²) in [6.45, 7) is 4.65. The number of rotatable bonds is 8. The minimum absolute atomic E-state index is 0.0180. The van der Waals surface area contributed by atoms with Gasteiger partial charge in [-0.05, 0) is 48.0 Å². The van der Waals surface area contributed by atoms with Crippen molar-refractivity contribution >= 4 is 40.2 Å². The molecule has 0 aliphatic carbocycles. The lowest BCUT2D eigenvalue weighted by atomic mass is 9.87. The second-order valence-electron chi connectivity index (χ2n) is 11.5. The van der Waals surface area contributed by atoms with Gasteiger partial charge in [0.1, 0.15) is 35.4 Å². The van der Waals surface area contributed by atoms with Crippen molar-refractivity contribution in [1.29, 1.82) is 0 Å². The largest absolute Gasteiger partial charge is 0.478 e. The van der Waals surface area contributed by atoms with E-state index in [2.05, 4.69) is 9.97 Å². The molecular formula is C33H26Cl2F3N3O4. The molecular weight excluding hydrogens is 630 g/mol. The van der Waals surface area contributed by atoms with Gasteiger partial charge in [-0.2, -0.15) is 0 Å². The number of ether oxygens (including phenoxy) is 2. The summed E-state index contributed by atoms with van der Waals surface area (Å²) in [4.78, 5) is 20.8. The number of carbonyl (C=O) groups is 1. The van der Waals surface area contributed by atoms with Crippen LogP contribution in [0.15, 0.2) is 60.7 Å². The molecule has 2 aromatic heterocycles. The maximum Gasteiger partial charge on any atom is 0.335 e. The minimum atomic E-state index is -1.15. The number of benzene rings is 3. The highest BCUT2D eigenvalue weighted by Gasteiger charge is 2.39. The third-order valence-corrected chi connectivity index (χ3v) is 8.43. The van der Waals surface area contributed by atoms with Gasteiger partial charge in [-0.25, -0.2) is 27.9 Å². The molecule has 12 heteroatoms. The molecule has 0 radical (unpaired) electrons. The molecule has 1 aliphatic rings. The van der Waals surface area contributed by atoms with E-state index in [4.69, 9.17) is 32.7 Å². The molecule has 7 nitrogen and oxygen atoms in total. The van der Waals surface area contributed by atoms with Crippen molar-refractivity contribution in [2.75, 3.05) is 13.2 Å². The molecule has 1 aliphatic heterocycles. The first-order chi connectivity index (χ1) is 21.4. The molecule has 5 aromatic rings. The molecule has 3 heterocycles. The average Bonchev–Trinajstić information content (AvgIpc) is 3.52. The highest BCUT2D eigenvalue weighted by atomic mass is 35.5. The summed E-state index contributed by atoms with van der Waals surface area (Å²) in [7, 11) is 0. The summed E-state index contributed by atoms with van der Waals surface area (Å²) in [5.41, 5.74) is 0.767. The zero-order valence-electron chi connectivity index (χ0n) is 24.1. The lowest BCUT2D eigenvalue weighted by Crippen LogP contribution is -2.27. The number of aromatic carboxylic acids is 1. The molecule has 6 rings (SSSR count). The highest BCUT2D eigenvalue weighted by Crippen LogP contribution is 2.41. The van der Waals surface area contributed by atoms with Crippen LogP contribution in [-0.2, 0) is 17.8 Å². The van der Waals surface area contributed by atoms with E-state index in [-0.39, 0.29) is 68.4 Å².